The maximum atomic E-state index is 9.97. The molecule has 1 heterocycles. The molecule has 1 unspecified atom stereocenters. The minimum absolute atomic E-state index is 0.294. The first kappa shape index (κ1) is 14.0. The first-order valence-electron chi connectivity index (χ1n) is 7.40. The zero-order valence-electron chi connectivity index (χ0n) is 12.3. The van der Waals surface area contributed by atoms with E-state index in [1.54, 1.807) is 7.11 Å². The number of rotatable bonds is 5. The largest absolute Gasteiger partial charge is 0.497 e. The van der Waals surface area contributed by atoms with Crippen molar-refractivity contribution in [3.63, 3.8) is 0 Å². The van der Waals surface area contributed by atoms with Crippen LogP contribution in [-0.2, 0) is 13.0 Å². The first-order valence-corrected chi connectivity index (χ1v) is 7.40. The van der Waals surface area contributed by atoms with E-state index < -0.39 is 0 Å². The van der Waals surface area contributed by atoms with Crippen molar-refractivity contribution in [3.8, 4) is 11.5 Å². The number of aryl methyl sites for hydroxylation is 1. The van der Waals surface area contributed by atoms with Gasteiger partial charge in [0.15, 0.2) is 0 Å². The summed E-state index contributed by atoms with van der Waals surface area (Å²) in [4.78, 5) is 0. The number of methoxy groups -OCH3 is 1. The number of nitrogens with zero attached hydrogens (tertiary/aromatic N) is 1. The minimum Gasteiger partial charge on any atom is -0.497 e. The average Bonchev–Trinajstić information content (AvgIpc) is 2.92. The highest BCUT2D eigenvalue weighted by atomic mass is 16.5. The Morgan fingerprint density at radius 3 is 2.67 bits per heavy atom. The third-order valence-electron chi connectivity index (χ3n) is 3.96. The Bertz CT molecular complexity index is 589. The van der Waals surface area contributed by atoms with Gasteiger partial charge in [-0.15, -0.1) is 0 Å². The van der Waals surface area contributed by atoms with Crippen LogP contribution in [-0.4, -0.2) is 23.4 Å². The molecule has 0 saturated heterocycles. The van der Waals surface area contributed by atoms with Gasteiger partial charge in [-0.05, 0) is 49.1 Å². The van der Waals surface area contributed by atoms with Crippen LogP contribution in [0.15, 0.2) is 36.7 Å². The second kappa shape index (κ2) is 6.22. The van der Waals surface area contributed by atoms with Gasteiger partial charge in [-0.2, -0.15) is 0 Å². The summed E-state index contributed by atoms with van der Waals surface area (Å²) in [5.74, 6) is 1.67. The highest BCUT2D eigenvalue weighted by Crippen LogP contribution is 2.30. The van der Waals surface area contributed by atoms with Crippen molar-refractivity contribution < 1.29 is 14.6 Å². The lowest BCUT2D eigenvalue weighted by Gasteiger charge is -2.16. The molecule has 4 nitrogen and oxygen atoms in total. The molecule has 0 amide bonds. The fourth-order valence-corrected chi connectivity index (χ4v) is 2.79. The molecule has 3 rings (SSSR count). The molecule has 1 aliphatic carbocycles. The van der Waals surface area contributed by atoms with Crippen LogP contribution in [0.2, 0.25) is 0 Å². The highest BCUT2D eigenvalue weighted by Gasteiger charge is 2.19. The maximum Gasteiger partial charge on any atom is 0.119 e. The number of fused-ring (bicyclic) bond motifs is 1. The average molecular weight is 287 g/mol. The summed E-state index contributed by atoms with van der Waals surface area (Å²) in [6, 6.07) is 7.59. The van der Waals surface area contributed by atoms with Crippen LogP contribution < -0.4 is 9.47 Å². The Morgan fingerprint density at radius 1 is 1.19 bits per heavy atom. The minimum atomic E-state index is -0.294. The van der Waals surface area contributed by atoms with E-state index in [2.05, 4.69) is 17.0 Å². The standard InChI is InChI=1S/C17H21NO3/c1-20-14-5-7-15(8-6-14)21-10-9-18-11-13-3-2-4-17(19)16(13)12-18/h5-8,11-12,17,19H,2-4,9-10H2,1H3. The van der Waals surface area contributed by atoms with Crippen LogP contribution in [0, 0.1) is 0 Å². The van der Waals surface area contributed by atoms with Crippen LogP contribution in [0.3, 0.4) is 0 Å². The molecule has 1 aromatic carbocycles. The summed E-state index contributed by atoms with van der Waals surface area (Å²) in [5, 5.41) is 9.97. The fraction of sp³-hybridized carbons (Fsp3) is 0.412. The number of hydrogen-bond donors (Lipinski definition) is 1. The molecule has 0 bridgehead atoms. The fourth-order valence-electron chi connectivity index (χ4n) is 2.79. The smallest absolute Gasteiger partial charge is 0.119 e. The van der Waals surface area contributed by atoms with Gasteiger partial charge in [0, 0.05) is 18.0 Å². The van der Waals surface area contributed by atoms with Gasteiger partial charge in [0.05, 0.1) is 19.8 Å². The quantitative estimate of drug-likeness (QED) is 0.919. The van der Waals surface area contributed by atoms with E-state index in [1.165, 1.54) is 5.56 Å². The molecule has 0 fully saturated rings. The normalized spacial score (nSPS) is 17.3. The third-order valence-corrected chi connectivity index (χ3v) is 3.96. The van der Waals surface area contributed by atoms with Crippen LogP contribution in [0.25, 0.3) is 0 Å². The van der Waals surface area contributed by atoms with Crippen molar-refractivity contribution in [1.29, 1.82) is 0 Å². The number of aliphatic hydroxyl groups excluding tert-OH is 1. The molecule has 0 spiro atoms. The van der Waals surface area contributed by atoms with Gasteiger partial charge in [-0.1, -0.05) is 0 Å². The Kier molecular flexibility index (Phi) is 4.15. The zero-order valence-corrected chi connectivity index (χ0v) is 12.3. The van der Waals surface area contributed by atoms with E-state index in [-0.39, 0.29) is 6.10 Å². The molecule has 0 radical (unpaired) electrons. The topological polar surface area (TPSA) is 43.6 Å². The van der Waals surface area contributed by atoms with Gasteiger partial charge in [0.1, 0.15) is 18.1 Å². The van der Waals surface area contributed by atoms with Crippen LogP contribution in [0.1, 0.15) is 30.1 Å². The summed E-state index contributed by atoms with van der Waals surface area (Å²) >= 11 is 0. The Labute approximate surface area is 124 Å². The monoisotopic (exact) mass is 287 g/mol. The predicted octanol–water partition coefficient (Wildman–Crippen LogP) is 2.95. The Balaban J connectivity index is 1.55. The molecular formula is C17H21NO3. The molecule has 0 aliphatic heterocycles. The van der Waals surface area contributed by atoms with Gasteiger partial charge < -0.3 is 19.1 Å². The van der Waals surface area contributed by atoms with Crippen molar-refractivity contribution in [2.75, 3.05) is 13.7 Å². The van der Waals surface area contributed by atoms with Gasteiger partial charge in [0.2, 0.25) is 0 Å². The second-order valence-electron chi connectivity index (χ2n) is 5.41. The maximum absolute atomic E-state index is 9.97. The van der Waals surface area contributed by atoms with Crippen LogP contribution >= 0.6 is 0 Å². The lowest BCUT2D eigenvalue weighted by molar-refractivity contribution is 0.157. The van der Waals surface area contributed by atoms with E-state index in [0.717, 1.165) is 42.9 Å². The molecule has 0 saturated carbocycles. The molecule has 21 heavy (non-hydrogen) atoms. The summed E-state index contributed by atoms with van der Waals surface area (Å²) in [6.07, 6.45) is 6.90. The van der Waals surface area contributed by atoms with Crippen LogP contribution in [0.4, 0.5) is 0 Å². The molecule has 2 aromatic rings. The lowest BCUT2D eigenvalue weighted by atomic mass is 9.93. The summed E-state index contributed by atoms with van der Waals surface area (Å²) in [5.41, 5.74) is 2.36. The van der Waals surface area contributed by atoms with Crippen molar-refractivity contribution >= 4 is 0 Å². The van der Waals surface area contributed by atoms with E-state index in [1.807, 2.05) is 24.3 Å². The number of benzene rings is 1. The molecule has 1 N–H and O–H groups in total. The van der Waals surface area contributed by atoms with Crippen molar-refractivity contribution in [1.82, 2.24) is 4.57 Å². The summed E-state index contributed by atoms with van der Waals surface area (Å²) < 4.78 is 13.0. The van der Waals surface area contributed by atoms with Crippen molar-refractivity contribution in [2.24, 2.45) is 0 Å². The number of aliphatic hydroxyl groups is 1. The molecular weight excluding hydrogens is 266 g/mol. The molecule has 1 aliphatic rings. The van der Waals surface area contributed by atoms with E-state index >= 15 is 0 Å². The van der Waals surface area contributed by atoms with Gasteiger partial charge >= 0.3 is 0 Å². The summed E-state index contributed by atoms with van der Waals surface area (Å²) in [7, 11) is 1.65. The number of ether oxygens (including phenoxy) is 2. The van der Waals surface area contributed by atoms with E-state index in [9.17, 15) is 5.11 Å². The Hall–Kier alpha value is -1.94. The third kappa shape index (κ3) is 3.22. The zero-order chi connectivity index (χ0) is 14.7. The van der Waals surface area contributed by atoms with Gasteiger partial charge in [-0.3, -0.25) is 0 Å². The lowest BCUT2D eigenvalue weighted by Crippen LogP contribution is -2.06. The molecule has 1 atom stereocenters. The highest BCUT2D eigenvalue weighted by molar-refractivity contribution is 5.31. The first-order chi connectivity index (χ1) is 10.3. The van der Waals surface area contributed by atoms with Crippen LogP contribution in [0.5, 0.6) is 11.5 Å². The van der Waals surface area contributed by atoms with E-state index in [4.69, 9.17) is 9.47 Å². The SMILES string of the molecule is COc1ccc(OCCn2cc3c(c2)C(O)CCC3)cc1. The van der Waals surface area contributed by atoms with E-state index in [0.29, 0.717) is 6.61 Å². The second-order valence-corrected chi connectivity index (χ2v) is 5.41. The molecule has 1 aromatic heterocycles. The van der Waals surface area contributed by atoms with Crippen molar-refractivity contribution in [2.45, 2.75) is 31.9 Å². The van der Waals surface area contributed by atoms with Gasteiger partial charge in [-0.25, -0.2) is 0 Å². The van der Waals surface area contributed by atoms with Gasteiger partial charge in [0.25, 0.3) is 0 Å². The number of hydrogen-bond acceptors (Lipinski definition) is 3. The molecule has 112 valence electrons. The Morgan fingerprint density at radius 2 is 1.95 bits per heavy atom. The molecule has 4 heteroatoms. The summed E-state index contributed by atoms with van der Waals surface area (Å²) in [6.45, 7) is 1.39. The number of aromatic nitrogens is 1. The predicted molar refractivity (Wildman–Crippen MR) is 80.8 cm³/mol. The van der Waals surface area contributed by atoms with Crippen molar-refractivity contribution in [3.05, 3.63) is 47.8 Å².